The van der Waals surface area contributed by atoms with E-state index in [0.29, 0.717) is 24.0 Å². The molecule has 1 aliphatic heterocycles. The molecule has 2 fully saturated rings. The van der Waals surface area contributed by atoms with Crippen LogP contribution in [0, 0.1) is 6.92 Å². The zero-order valence-electron chi connectivity index (χ0n) is 15.4. The van der Waals surface area contributed by atoms with Crippen molar-refractivity contribution >= 4 is 5.91 Å². The van der Waals surface area contributed by atoms with E-state index in [1.165, 1.54) is 6.33 Å². The topological polar surface area (TPSA) is 99.2 Å². The summed E-state index contributed by atoms with van der Waals surface area (Å²) in [6, 6.07) is 2.13. The van der Waals surface area contributed by atoms with E-state index in [0.717, 1.165) is 38.5 Å². The molecule has 8 nitrogen and oxygen atoms in total. The van der Waals surface area contributed by atoms with Crippen molar-refractivity contribution in [2.45, 2.75) is 63.6 Å². The molecule has 3 heterocycles. The number of ether oxygens (including phenoxy) is 1. The average Bonchev–Trinajstić information content (AvgIpc) is 3.36. The van der Waals surface area contributed by atoms with Gasteiger partial charge in [-0.1, -0.05) is 0 Å². The summed E-state index contributed by atoms with van der Waals surface area (Å²) in [6.45, 7) is 2.44. The highest BCUT2D eigenvalue weighted by molar-refractivity contribution is 5.95. The lowest BCUT2D eigenvalue weighted by atomic mass is 9.91. The third kappa shape index (κ3) is 3.80. The molecule has 144 valence electrons. The van der Waals surface area contributed by atoms with Gasteiger partial charge in [0.25, 0.3) is 5.91 Å². The van der Waals surface area contributed by atoms with Crippen LogP contribution >= 0.6 is 0 Å². The zero-order chi connectivity index (χ0) is 18.8. The Morgan fingerprint density at radius 1 is 1.26 bits per heavy atom. The van der Waals surface area contributed by atoms with Crippen LogP contribution in [0.5, 0.6) is 0 Å². The molecular weight excluding hydrogens is 348 g/mol. The van der Waals surface area contributed by atoms with Gasteiger partial charge in [-0.3, -0.25) is 4.79 Å². The van der Waals surface area contributed by atoms with Crippen LogP contribution in [-0.2, 0) is 4.74 Å². The van der Waals surface area contributed by atoms with Gasteiger partial charge in [-0.25, -0.2) is 14.5 Å². The molecule has 2 aromatic heterocycles. The molecule has 1 saturated heterocycles. The second kappa shape index (κ2) is 7.64. The minimum Gasteiger partial charge on any atom is -0.424 e. The monoisotopic (exact) mass is 372 g/mol. The summed E-state index contributed by atoms with van der Waals surface area (Å²) < 4.78 is 12.8. The Hall–Kier alpha value is -2.48. The van der Waals surface area contributed by atoms with Gasteiger partial charge < -0.3 is 14.5 Å². The number of nitrogens with zero attached hydrogens (tertiary/aromatic N) is 3. The maximum absolute atomic E-state index is 12.7. The van der Waals surface area contributed by atoms with E-state index < -0.39 is 5.63 Å². The summed E-state index contributed by atoms with van der Waals surface area (Å²) in [4.78, 5) is 29.1. The quantitative estimate of drug-likeness (QED) is 0.884. The normalized spacial score (nSPS) is 25.4. The second-order valence-electron chi connectivity index (χ2n) is 7.35. The molecule has 27 heavy (non-hydrogen) atoms. The first-order chi connectivity index (χ1) is 13.1. The first kappa shape index (κ1) is 17.9. The van der Waals surface area contributed by atoms with Gasteiger partial charge in [0.15, 0.2) is 0 Å². The molecule has 0 spiro atoms. The van der Waals surface area contributed by atoms with Crippen LogP contribution in [0.2, 0.25) is 0 Å². The molecule has 0 bridgehead atoms. The van der Waals surface area contributed by atoms with Crippen LogP contribution < -0.4 is 10.9 Å². The van der Waals surface area contributed by atoms with Gasteiger partial charge in [0.2, 0.25) is 0 Å². The Morgan fingerprint density at radius 2 is 2.07 bits per heavy atom. The lowest BCUT2D eigenvalue weighted by Gasteiger charge is -2.29. The maximum atomic E-state index is 12.7. The van der Waals surface area contributed by atoms with Crippen LogP contribution in [0.1, 0.15) is 72.4 Å². The summed E-state index contributed by atoms with van der Waals surface area (Å²) in [6.07, 6.45) is 8.39. The fourth-order valence-corrected chi connectivity index (χ4v) is 4.01. The van der Waals surface area contributed by atoms with Crippen molar-refractivity contribution in [3.05, 3.63) is 46.0 Å². The van der Waals surface area contributed by atoms with E-state index in [2.05, 4.69) is 15.4 Å². The van der Waals surface area contributed by atoms with Crippen molar-refractivity contribution in [3.8, 4) is 0 Å². The molecule has 4 rings (SSSR count). The minimum atomic E-state index is -0.589. The first-order valence-electron chi connectivity index (χ1n) is 9.53. The summed E-state index contributed by atoms with van der Waals surface area (Å²) >= 11 is 0. The van der Waals surface area contributed by atoms with Crippen molar-refractivity contribution in [2.24, 2.45) is 0 Å². The number of carbonyl (C=O) groups is 1. The highest BCUT2D eigenvalue weighted by Crippen LogP contribution is 2.29. The van der Waals surface area contributed by atoms with Crippen molar-refractivity contribution in [3.63, 3.8) is 0 Å². The van der Waals surface area contributed by atoms with Gasteiger partial charge in [-0.15, -0.1) is 0 Å². The van der Waals surface area contributed by atoms with Crippen LogP contribution in [0.25, 0.3) is 0 Å². The number of carbonyl (C=O) groups excluding carboxylic acids is 1. The molecule has 1 atom stereocenters. The number of amides is 1. The molecule has 8 heteroatoms. The van der Waals surface area contributed by atoms with Gasteiger partial charge >= 0.3 is 5.63 Å². The molecule has 1 unspecified atom stereocenters. The molecule has 2 aromatic rings. The Bertz CT molecular complexity index is 847. The van der Waals surface area contributed by atoms with E-state index >= 15 is 0 Å². The van der Waals surface area contributed by atoms with Crippen LogP contribution in [0.15, 0.2) is 27.9 Å². The van der Waals surface area contributed by atoms with Gasteiger partial charge in [0.05, 0.1) is 6.04 Å². The molecule has 1 N–H and O–H groups in total. The SMILES string of the molecule is Cc1cc(C2CCCO2)oc(=O)c1C(=O)NC1CCC(n2cncn2)CC1. The van der Waals surface area contributed by atoms with E-state index in [-0.39, 0.29) is 23.6 Å². The van der Waals surface area contributed by atoms with E-state index in [4.69, 9.17) is 9.15 Å². The number of hydrogen-bond donors (Lipinski definition) is 1. The molecule has 0 aromatic carbocycles. The largest absolute Gasteiger partial charge is 0.424 e. The number of hydrogen-bond acceptors (Lipinski definition) is 6. The van der Waals surface area contributed by atoms with Gasteiger partial charge in [0, 0.05) is 12.6 Å². The molecule has 1 amide bonds. The molecule has 2 aliphatic rings. The van der Waals surface area contributed by atoms with Crippen molar-refractivity contribution in [1.29, 1.82) is 0 Å². The van der Waals surface area contributed by atoms with E-state index in [1.807, 2.05) is 4.68 Å². The molecule has 1 saturated carbocycles. The Balaban J connectivity index is 1.40. The van der Waals surface area contributed by atoms with Crippen molar-refractivity contribution < 1.29 is 13.9 Å². The first-order valence-corrected chi connectivity index (χ1v) is 9.53. The van der Waals surface area contributed by atoms with E-state index in [1.54, 1.807) is 19.3 Å². The summed E-state index contributed by atoms with van der Waals surface area (Å²) in [5.74, 6) is 0.157. The van der Waals surface area contributed by atoms with Crippen LogP contribution in [0.4, 0.5) is 0 Å². The molecular formula is C19H24N4O4. The standard InChI is InChI=1S/C19H24N4O4/c1-12-9-16(15-3-2-8-26-15)27-19(25)17(12)18(24)22-13-4-6-14(7-5-13)23-11-20-10-21-23/h9-11,13-15H,2-8H2,1H3,(H,22,24). The van der Waals surface area contributed by atoms with Gasteiger partial charge in [0.1, 0.15) is 30.1 Å². The predicted molar refractivity (Wildman–Crippen MR) is 96.4 cm³/mol. The van der Waals surface area contributed by atoms with Gasteiger partial charge in [-0.2, -0.15) is 5.10 Å². The zero-order valence-corrected chi connectivity index (χ0v) is 15.4. The van der Waals surface area contributed by atoms with Crippen LogP contribution in [-0.4, -0.2) is 33.3 Å². The predicted octanol–water partition coefficient (Wildman–Crippen LogP) is 2.30. The molecule has 0 radical (unpaired) electrons. The fourth-order valence-electron chi connectivity index (χ4n) is 4.01. The van der Waals surface area contributed by atoms with E-state index in [9.17, 15) is 9.59 Å². The van der Waals surface area contributed by atoms with Crippen LogP contribution in [0.3, 0.4) is 0 Å². The molecule has 1 aliphatic carbocycles. The van der Waals surface area contributed by atoms with Crippen molar-refractivity contribution in [1.82, 2.24) is 20.1 Å². The number of nitrogens with one attached hydrogen (secondary N) is 1. The highest BCUT2D eigenvalue weighted by Gasteiger charge is 2.27. The Morgan fingerprint density at radius 3 is 2.70 bits per heavy atom. The van der Waals surface area contributed by atoms with Crippen molar-refractivity contribution in [2.75, 3.05) is 6.61 Å². The minimum absolute atomic E-state index is 0.0499. The summed E-state index contributed by atoms with van der Waals surface area (Å²) in [5.41, 5.74) is 0.134. The third-order valence-corrected chi connectivity index (χ3v) is 5.48. The maximum Gasteiger partial charge on any atom is 0.349 e. The average molecular weight is 372 g/mol. The Kier molecular flexibility index (Phi) is 5.07. The summed E-state index contributed by atoms with van der Waals surface area (Å²) in [5, 5.41) is 7.19. The number of aromatic nitrogens is 3. The fraction of sp³-hybridized carbons (Fsp3) is 0.579. The smallest absolute Gasteiger partial charge is 0.349 e. The number of rotatable bonds is 4. The number of aryl methyl sites for hydroxylation is 1. The lowest BCUT2D eigenvalue weighted by molar-refractivity contribution is 0.0872. The van der Waals surface area contributed by atoms with Gasteiger partial charge in [-0.05, 0) is 57.1 Å². The highest BCUT2D eigenvalue weighted by atomic mass is 16.5. The second-order valence-corrected chi connectivity index (χ2v) is 7.35. The third-order valence-electron chi connectivity index (χ3n) is 5.48. The lowest BCUT2D eigenvalue weighted by Crippen LogP contribution is -2.40. The summed E-state index contributed by atoms with van der Waals surface area (Å²) in [7, 11) is 0. The Labute approximate surface area is 156 Å².